The lowest BCUT2D eigenvalue weighted by molar-refractivity contribution is 0.0598. The van der Waals surface area contributed by atoms with Crippen LogP contribution in [0.2, 0.25) is 0 Å². The van der Waals surface area contributed by atoms with Crippen LogP contribution in [0.1, 0.15) is 21.7 Å². The van der Waals surface area contributed by atoms with E-state index in [-0.39, 0.29) is 5.91 Å². The highest BCUT2D eigenvalue weighted by molar-refractivity contribution is 5.91. The highest BCUT2D eigenvalue weighted by atomic mass is 16.5. The van der Waals surface area contributed by atoms with Gasteiger partial charge in [-0.05, 0) is 42.0 Å². The maximum atomic E-state index is 12.6. The molecule has 0 atom stereocenters. The number of aromatic nitrogens is 4. The smallest absolute Gasteiger partial charge is 0.289 e. The molecule has 1 aliphatic heterocycles. The average Bonchev–Trinajstić information content (AvgIpc) is 3.79. The van der Waals surface area contributed by atoms with Crippen LogP contribution in [0.15, 0.2) is 70.0 Å². The number of rotatable bonds is 9. The highest BCUT2D eigenvalue weighted by Gasteiger charge is 2.25. The van der Waals surface area contributed by atoms with Crippen molar-refractivity contribution in [2.45, 2.75) is 13.1 Å². The van der Waals surface area contributed by atoms with Gasteiger partial charge in [-0.1, -0.05) is 6.07 Å². The van der Waals surface area contributed by atoms with Crippen LogP contribution in [-0.4, -0.2) is 75.7 Å². The van der Waals surface area contributed by atoms with Crippen LogP contribution in [-0.2, 0) is 13.1 Å². The third-order valence-electron chi connectivity index (χ3n) is 6.86. The summed E-state index contributed by atoms with van der Waals surface area (Å²) < 4.78 is 23.3. The summed E-state index contributed by atoms with van der Waals surface area (Å²) in [5.41, 5.74) is 2.60. The molecule has 0 spiro atoms. The number of amides is 1. The topological polar surface area (TPSA) is 123 Å². The lowest BCUT2D eigenvalue weighted by Gasteiger charge is -2.34. The molecule has 6 rings (SSSR count). The van der Waals surface area contributed by atoms with Crippen LogP contribution in [0, 0.1) is 0 Å². The number of piperazine rings is 1. The summed E-state index contributed by atoms with van der Waals surface area (Å²) in [6, 6.07) is 12.8. The Morgan fingerprint density at radius 3 is 2.52 bits per heavy atom. The summed E-state index contributed by atoms with van der Waals surface area (Å²) in [7, 11) is 3.22. The Morgan fingerprint density at radius 2 is 1.80 bits per heavy atom. The number of hydrogen-bond donors (Lipinski definition) is 1. The first-order chi connectivity index (χ1) is 19.6. The van der Waals surface area contributed by atoms with Gasteiger partial charge in [-0.2, -0.15) is 4.52 Å². The maximum absolute atomic E-state index is 12.6. The van der Waals surface area contributed by atoms with Crippen molar-refractivity contribution < 1.29 is 23.1 Å². The number of furan rings is 2. The molecule has 1 aromatic carbocycles. The van der Waals surface area contributed by atoms with E-state index in [0.717, 1.165) is 24.2 Å². The molecule has 5 heterocycles. The molecular weight excluding hydrogens is 514 g/mol. The first-order valence-electron chi connectivity index (χ1n) is 12.9. The van der Waals surface area contributed by atoms with Crippen LogP contribution < -0.4 is 14.8 Å². The van der Waals surface area contributed by atoms with E-state index >= 15 is 0 Å². The van der Waals surface area contributed by atoms with E-state index in [1.807, 2.05) is 35.4 Å². The Bertz CT molecular complexity index is 1590. The third kappa shape index (κ3) is 5.08. The maximum Gasteiger partial charge on any atom is 0.289 e. The molecule has 5 aromatic rings. The normalized spacial score (nSPS) is 14.0. The largest absolute Gasteiger partial charge is 0.493 e. The van der Waals surface area contributed by atoms with Gasteiger partial charge < -0.3 is 28.5 Å². The summed E-state index contributed by atoms with van der Waals surface area (Å²) in [4.78, 5) is 26.2. The van der Waals surface area contributed by atoms with Crippen molar-refractivity contribution in [2.24, 2.45) is 0 Å². The molecule has 12 nitrogen and oxygen atoms in total. The van der Waals surface area contributed by atoms with E-state index in [1.54, 1.807) is 43.2 Å². The molecule has 1 N–H and O–H groups in total. The number of fused-ring (bicyclic) bond motifs is 1. The van der Waals surface area contributed by atoms with Gasteiger partial charge in [-0.25, -0.2) is 9.97 Å². The van der Waals surface area contributed by atoms with Gasteiger partial charge in [0.05, 0.1) is 26.7 Å². The molecule has 0 bridgehead atoms. The van der Waals surface area contributed by atoms with Gasteiger partial charge in [0.15, 0.2) is 28.7 Å². The van der Waals surface area contributed by atoms with Gasteiger partial charge in [0.25, 0.3) is 5.91 Å². The average molecular weight is 544 g/mol. The number of hydrogen-bond acceptors (Lipinski definition) is 10. The van der Waals surface area contributed by atoms with Crippen LogP contribution >= 0.6 is 0 Å². The predicted octanol–water partition coefficient (Wildman–Crippen LogP) is 3.56. The second-order valence-electron chi connectivity index (χ2n) is 9.34. The summed E-state index contributed by atoms with van der Waals surface area (Å²) >= 11 is 0. The number of anilines is 1. The Labute approximate surface area is 230 Å². The Hall–Kier alpha value is -4.84. The summed E-state index contributed by atoms with van der Waals surface area (Å²) in [6.07, 6.45) is 4.94. The van der Waals surface area contributed by atoms with Crippen molar-refractivity contribution in [1.82, 2.24) is 29.4 Å². The molecular formula is C28H29N7O5. The summed E-state index contributed by atoms with van der Waals surface area (Å²) in [6.45, 7) is 3.76. The predicted molar refractivity (Wildman–Crippen MR) is 145 cm³/mol. The molecule has 0 unspecified atom stereocenters. The first kappa shape index (κ1) is 25.4. The van der Waals surface area contributed by atoms with Gasteiger partial charge in [-0.3, -0.25) is 9.69 Å². The quantitative estimate of drug-likeness (QED) is 0.295. The minimum Gasteiger partial charge on any atom is -0.493 e. The van der Waals surface area contributed by atoms with E-state index in [0.29, 0.717) is 66.6 Å². The monoisotopic (exact) mass is 543 g/mol. The number of carbonyl (C=O) groups is 1. The van der Waals surface area contributed by atoms with Gasteiger partial charge in [0, 0.05) is 51.0 Å². The molecule has 12 heteroatoms. The van der Waals surface area contributed by atoms with E-state index < -0.39 is 0 Å². The number of nitrogens with zero attached hydrogens (tertiary/aromatic N) is 6. The Morgan fingerprint density at radius 1 is 1.00 bits per heavy atom. The van der Waals surface area contributed by atoms with Crippen molar-refractivity contribution in [3.8, 4) is 23.1 Å². The van der Waals surface area contributed by atoms with Crippen LogP contribution in [0.3, 0.4) is 0 Å². The molecule has 0 radical (unpaired) electrons. The standard InChI is InChI=1S/C28H29N7O5/c1-37-21-8-7-19(15-24(21)38-2)16-29-28-30-17-20(26-31-25(32-35(26)28)22-5-3-13-39-22)18-33-9-11-34(12-10-33)27(36)23-6-4-14-40-23/h3-8,13-15,17H,9-12,16,18H2,1-2H3,(H,29,30). The lowest BCUT2D eigenvalue weighted by Crippen LogP contribution is -2.48. The lowest BCUT2D eigenvalue weighted by atomic mass is 10.2. The molecule has 1 saturated heterocycles. The zero-order valence-corrected chi connectivity index (χ0v) is 22.2. The number of benzene rings is 1. The van der Waals surface area contributed by atoms with Crippen molar-refractivity contribution >= 4 is 17.5 Å². The van der Waals surface area contributed by atoms with Gasteiger partial charge >= 0.3 is 0 Å². The van der Waals surface area contributed by atoms with Crippen molar-refractivity contribution in [3.05, 3.63) is 78.1 Å². The number of nitrogens with one attached hydrogen (secondary N) is 1. The van der Waals surface area contributed by atoms with E-state index in [2.05, 4.69) is 10.2 Å². The SMILES string of the molecule is COc1ccc(CNc2ncc(CN3CCN(C(=O)c4ccco4)CC3)c3nc(-c4ccco4)nn23)cc1OC. The Kier molecular flexibility index (Phi) is 7.06. The summed E-state index contributed by atoms with van der Waals surface area (Å²) in [5, 5.41) is 8.08. The molecule has 0 saturated carbocycles. The number of methoxy groups -OCH3 is 2. The highest BCUT2D eigenvalue weighted by Crippen LogP contribution is 2.28. The van der Waals surface area contributed by atoms with Crippen molar-refractivity contribution in [3.63, 3.8) is 0 Å². The minimum absolute atomic E-state index is 0.0841. The minimum atomic E-state index is -0.0841. The molecule has 1 aliphatic rings. The fourth-order valence-electron chi connectivity index (χ4n) is 4.74. The zero-order chi connectivity index (χ0) is 27.5. The molecule has 1 amide bonds. The molecule has 0 aliphatic carbocycles. The molecule has 4 aromatic heterocycles. The van der Waals surface area contributed by atoms with E-state index in [9.17, 15) is 4.79 Å². The molecule has 1 fully saturated rings. The second kappa shape index (κ2) is 11.1. The third-order valence-corrected chi connectivity index (χ3v) is 6.86. The van der Waals surface area contributed by atoms with Crippen LogP contribution in [0.25, 0.3) is 17.2 Å². The second-order valence-corrected chi connectivity index (χ2v) is 9.34. The van der Waals surface area contributed by atoms with Crippen molar-refractivity contribution in [2.75, 3.05) is 45.7 Å². The number of carbonyl (C=O) groups excluding carboxylic acids is 1. The number of ether oxygens (including phenoxy) is 2. The van der Waals surface area contributed by atoms with Gasteiger partial charge in [0.1, 0.15) is 0 Å². The van der Waals surface area contributed by atoms with E-state index in [1.165, 1.54) is 6.26 Å². The summed E-state index contributed by atoms with van der Waals surface area (Å²) in [5.74, 6) is 3.20. The van der Waals surface area contributed by atoms with Crippen molar-refractivity contribution in [1.29, 1.82) is 0 Å². The van der Waals surface area contributed by atoms with Gasteiger partial charge in [-0.15, -0.1) is 5.10 Å². The molecule has 40 heavy (non-hydrogen) atoms. The zero-order valence-electron chi connectivity index (χ0n) is 22.2. The molecule has 206 valence electrons. The fourth-order valence-corrected chi connectivity index (χ4v) is 4.74. The van der Waals surface area contributed by atoms with Crippen LogP contribution in [0.4, 0.5) is 5.95 Å². The first-order valence-corrected chi connectivity index (χ1v) is 12.9. The fraction of sp³-hybridized carbons (Fsp3) is 0.286. The van der Waals surface area contributed by atoms with E-state index in [4.69, 9.17) is 33.4 Å². The van der Waals surface area contributed by atoms with Gasteiger partial charge in [0.2, 0.25) is 11.8 Å². The Balaban J connectivity index is 1.21. The van der Waals surface area contributed by atoms with Crippen LogP contribution in [0.5, 0.6) is 11.5 Å².